The van der Waals surface area contributed by atoms with E-state index in [-0.39, 0.29) is 0 Å². The summed E-state index contributed by atoms with van der Waals surface area (Å²) in [5, 5.41) is 7.74. The number of urea groups is 1. The van der Waals surface area contributed by atoms with Crippen LogP contribution in [-0.4, -0.2) is 39.5 Å². The van der Waals surface area contributed by atoms with E-state index in [1.54, 1.807) is 39.5 Å². The zero-order valence-electron chi connectivity index (χ0n) is 16.4. The molecule has 152 valence electrons. The Morgan fingerprint density at radius 3 is 2.24 bits per heavy atom. The standard InChI is InChI=1S/C20H21N3O5S/c1-25-12-6-8-17(27-3)14(9-12)16-11-29-20(22-16)23-19(24)21-15-7-5-13(26-2)10-18(15)28-4/h5-11H,1-4H3,(H2,21,22,23,24). The fourth-order valence-corrected chi connectivity index (χ4v) is 3.33. The number of nitrogens with one attached hydrogen (secondary N) is 2. The summed E-state index contributed by atoms with van der Waals surface area (Å²) < 4.78 is 21.1. The zero-order chi connectivity index (χ0) is 20.8. The van der Waals surface area contributed by atoms with E-state index < -0.39 is 6.03 Å². The number of aromatic nitrogens is 1. The molecule has 0 saturated heterocycles. The Balaban J connectivity index is 1.75. The van der Waals surface area contributed by atoms with Crippen LogP contribution >= 0.6 is 11.3 Å². The third-order valence-electron chi connectivity index (χ3n) is 4.06. The number of ether oxygens (including phenoxy) is 4. The first-order chi connectivity index (χ1) is 14.1. The molecule has 0 aliphatic carbocycles. The van der Waals surface area contributed by atoms with E-state index in [0.717, 1.165) is 5.56 Å². The molecule has 0 bridgehead atoms. The largest absolute Gasteiger partial charge is 0.497 e. The average Bonchev–Trinajstić information content (AvgIpc) is 3.21. The number of nitrogens with zero attached hydrogens (tertiary/aromatic N) is 1. The second-order valence-corrected chi connectivity index (χ2v) is 6.61. The van der Waals surface area contributed by atoms with Crippen LogP contribution in [0, 0.1) is 0 Å². The van der Waals surface area contributed by atoms with E-state index in [9.17, 15) is 4.79 Å². The monoisotopic (exact) mass is 415 g/mol. The van der Waals surface area contributed by atoms with Gasteiger partial charge in [-0.2, -0.15) is 0 Å². The Bertz CT molecular complexity index is 1010. The summed E-state index contributed by atoms with van der Waals surface area (Å²) in [4.78, 5) is 16.9. The molecule has 3 rings (SSSR count). The highest BCUT2D eigenvalue weighted by molar-refractivity contribution is 7.14. The fourth-order valence-electron chi connectivity index (χ4n) is 2.62. The lowest BCUT2D eigenvalue weighted by molar-refractivity contribution is 0.262. The predicted molar refractivity (Wildman–Crippen MR) is 113 cm³/mol. The molecule has 0 aliphatic rings. The smallest absolute Gasteiger partial charge is 0.325 e. The average molecular weight is 415 g/mol. The summed E-state index contributed by atoms with van der Waals surface area (Å²) in [6.45, 7) is 0. The molecule has 0 radical (unpaired) electrons. The second-order valence-electron chi connectivity index (χ2n) is 5.75. The van der Waals surface area contributed by atoms with Gasteiger partial charge in [0.2, 0.25) is 0 Å². The second kappa shape index (κ2) is 9.16. The minimum atomic E-state index is -0.438. The van der Waals surface area contributed by atoms with Gasteiger partial charge in [0, 0.05) is 17.0 Å². The summed E-state index contributed by atoms with van der Waals surface area (Å²) in [7, 11) is 6.27. The van der Waals surface area contributed by atoms with Gasteiger partial charge in [-0.15, -0.1) is 11.3 Å². The molecule has 0 unspecified atom stereocenters. The molecule has 3 aromatic rings. The summed E-state index contributed by atoms with van der Waals surface area (Å²) in [6, 6.07) is 10.1. The molecule has 1 aromatic heterocycles. The van der Waals surface area contributed by atoms with Crippen molar-refractivity contribution in [2.75, 3.05) is 39.1 Å². The number of methoxy groups -OCH3 is 4. The molecule has 0 saturated carbocycles. The number of thiazole rings is 1. The molecule has 0 fully saturated rings. The molecule has 1 heterocycles. The number of anilines is 2. The Kier molecular flexibility index (Phi) is 6.40. The van der Waals surface area contributed by atoms with Gasteiger partial charge in [0.15, 0.2) is 5.13 Å². The van der Waals surface area contributed by atoms with Crippen LogP contribution < -0.4 is 29.6 Å². The molecule has 2 N–H and O–H groups in total. The van der Waals surface area contributed by atoms with Crippen molar-refractivity contribution in [3.05, 3.63) is 41.8 Å². The van der Waals surface area contributed by atoms with Gasteiger partial charge in [0.25, 0.3) is 0 Å². The lowest BCUT2D eigenvalue weighted by Gasteiger charge is -2.11. The van der Waals surface area contributed by atoms with Gasteiger partial charge in [-0.25, -0.2) is 9.78 Å². The van der Waals surface area contributed by atoms with Crippen LogP contribution in [0.2, 0.25) is 0 Å². The lowest BCUT2D eigenvalue weighted by Crippen LogP contribution is -2.19. The Hall–Kier alpha value is -3.46. The van der Waals surface area contributed by atoms with Crippen LogP contribution in [0.3, 0.4) is 0 Å². The molecule has 8 nitrogen and oxygen atoms in total. The SMILES string of the molecule is COc1ccc(NC(=O)Nc2nc(-c3cc(OC)ccc3OC)cs2)c(OC)c1. The molecule has 0 atom stereocenters. The number of carbonyl (C=O) groups excluding carboxylic acids is 1. The van der Waals surface area contributed by atoms with E-state index in [1.807, 2.05) is 23.6 Å². The first-order valence-corrected chi connectivity index (χ1v) is 9.44. The van der Waals surface area contributed by atoms with Gasteiger partial charge in [0.05, 0.1) is 39.8 Å². The van der Waals surface area contributed by atoms with Gasteiger partial charge in [-0.05, 0) is 30.3 Å². The highest BCUT2D eigenvalue weighted by Crippen LogP contribution is 2.35. The minimum Gasteiger partial charge on any atom is -0.497 e. The summed E-state index contributed by atoms with van der Waals surface area (Å²) in [5.74, 6) is 2.47. The minimum absolute atomic E-state index is 0.438. The van der Waals surface area contributed by atoms with Crippen molar-refractivity contribution in [2.24, 2.45) is 0 Å². The van der Waals surface area contributed by atoms with E-state index in [0.29, 0.717) is 39.5 Å². The summed E-state index contributed by atoms with van der Waals surface area (Å²) in [6.07, 6.45) is 0. The van der Waals surface area contributed by atoms with Crippen LogP contribution in [-0.2, 0) is 0 Å². The zero-order valence-corrected chi connectivity index (χ0v) is 17.3. The molecular weight excluding hydrogens is 394 g/mol. The Morgan fingerprint density at radius 1 is 0.862 bits per heavy atom. The molecule has 29 heavy (non-hydrogen) atoms. The number of carbonyl (C=O) groups is 1. The maximum Gasteiger partial charge on any atom is 0.325 e. The Labute approximate surface area is 172 Å². The predicted octanol–water partition coefficient (Wildman–Crippen LogP) is 4.49. The van der Waals surface area contributed by atoms with Crippen LogP contribution in [0.15, 0.2) is 41.8 Å². The van der Waals surface area contributed by atoms with Gasteiger partial charge < -0.3 is 24.3 Å². The highest BCUT2D eigenvalue weighted by Gasteiger charge is 2.14. The lowest BCUT2D eigenvalue weighted by atomic mass is 10.1. The van der Waals surface area contributed by atoms with Gasteiger partial charge in [-0.1, -0.05) is 0 Å². The topological polar surface area (TPSA) is 90.9 Å². The number of hydrogen-bond donors (Lipinski definition) is 2. The van der Waals surface area contributed by atoms with E-state index in [4.69, 9.17) is 18.9 Å². The third-order valence-corrected chi connectivity index (χ3v) is 4.82. The van der Waals surface area contributed by atoms with Gasteiger partial charge in [-0.3, -0.25) is 5.32 Å². The highest BCUT2D eigenvalue weighted by atomic mass is 32.1. The molecule has 2 amide bonds. The van der Waals surface area contributed by atoms with Crippen molar-refractivity contribution in [3.8, 4) is 34.3 Å². The van der Waals surface area contributed by atoms with Crippen LogP contribution in [0.4, 0.5) is 15.6 Å². The number of hydrogen-bond acceptors (Lipinski definition) is 7. The number of rotatable bonds is 7. The van der Waals surface area contributed by atoms with E-state index >= 15 is 0 Å². The van der Waals surface area contributed by atoms with Crippen molar-refractivity contribution in [1.82, 2.24) is 4.98 Å². The van der Waals surface area contributed by atoms with Crippen molar-refractivity contribution in [3.63, 3.8) is 0 Å². The first-order valence-electron chi connectivity index (χ1n) is 8.56. The molecule has 0 spiro atoms. The van der Waals surface area contributed by atoms with Crippen LogP contribution in [0.25, 0.3) is 11.3 Å². The quantitative estimate of drug-likeness (QED) is 0.591. The molecule has 9 heteroatoms. The van der Waals surface area contributed by atoms with Crippen molar-refractivity contribution in [2.45, 2.75) is 0 Å². The van der Waals surface area contributed by atoms with Crippen LogP contribution in [0.1, 0.15) is 0 Å². The molecule has 2 aromatic carbocycles. The maximum atomic E-state index is 12.4. The third kappa shape index (κ3) is 4.69. The van der Waals surface area contributed by atoms with Gasteiger partial charge in [0.1, 0.15) is 23.0 Å². The molecule has 0 aliphatic heterocycles. The van der Waals surface area contributed by atoms with Crippen molar-refractivity contribution in [1.29, 1.82) is 0 Å². The van der Waals surface area contributed by atoms with Crippen molar-refractivity contribution >= 4 is 28.2 Å². The summed E-state index contributed by atoms with van der Waals surface area (Å²) >= 11 is 1.30. The summed E-state index contributed by atoms with van der Waals surface area (Å²) in [5.41, 5.74) is 1.95. The molecular formula is C20H21N3O5S. The Morgan fingerprint density at radius 2 is 1.55 bits per heavy atom. The maximum absolute atomic E-state index is 12.4. The van der Waals surface area contributed by atoms with Crippen LogP contribution in [0.5, 0.6) is 23.0 Å². The number of benzene rings is 2. The van der Waals surface area contributed by atoms with Crippen molar-refractivity contribution < 1.29 is 23.7 Å². The number of amides is 2. The first kappa shape index (κ1) is 20.3. The van der Waals surface area contributed by atoms with E-state index in [2.05, 4.69) is 15.6 Å². The van der Waals surface area contributed by atoms with E-state index in [1.165, 1.54) is 18.4 Å². The van der Waals surface area contributed by atoms with Gasteiger partial charge >= 0.3 is 6.03 Å². The normalized spacial score (nSPS) is 10.2. The fraction of sp³-hybridized carbons (Fsp3) is 0.200.